The Labute approximate surface area is 127 Å². The van der Waals surface area contributed by atoms with Crippen molar-refractivity contribution >= 4 is 5.78 Å². The van der Waals surface area contributed by atoms with Crippen LogP contribution in [0.1, 0.15) is 50.5 Å². The average Bonchev–Trinajstić information content (AvgIpc) is 2.48. The van der Waals surface area contributed by atoms with E-state index in [1.54, 1.807) is 7.11 Å². The fraction of sp³-hybridized carbons (Fsp3) is 0.611. The summed E-state index contributed by atoms with van der Waals surface area (Å²) in [6.45, 7) is 0.292. The Morgan fingerprint density at radius 2 is 1.95 bits per heavy atom. The number of aryl methyl sites for hydroxylation is 1. The maximum atomic E-state index is 11.4. The lowest BCUT2D eigenvalue weighted by Crippen LogP contribution is -2.09. The molecule has 1 saturated carbocycles. The Morgan fingerprint density at radius 1 is 1.19 bits per heavy atom. The van der Waals surface area contributed by atoms with Gasteiger partial charge >= 0.3 is 0 Å². The van der Waals surface area contributed by atoms with Crippen LogP contribution in [0.2, 0.25) is 0 Å². The van der Waals surface area contributed by atoms with E-state index in [4.69, 9.17) is 9.47 Å². The molecule has 1 fully saturated rings. The van der Waals surface area contributed by atoms with Gasteiger partial charge in [0, 0.05) is 20.0 Å². The van der Waals surface area contributed by atoms with E-state index in [1.807, 2.05) is 12.1 Å². The molecule has 1 aromatic carbocycles. The molecule has 0 spiro atoms. The molecular weight excluding hydrogens is 264 g/mol. The Bertz CT molecular complexity index is 430. The van der Waals surface area contributed by atoms with Crippen molar-refractivity contribution in [2.75, 3.05) is 13.9 Å². The molecule has 1 aromatic rings. The minimum Gasteiger partial charge on any atom is -0.468 e. The highest BCUT2D eigenvalue weighted by atomic mass is 16.7. The van der Waals surface area contributed by atoms with E-state index < -0.39 is 0 Å². The van der Waals surface area contributed by atoms with Gasteiger partial charge in [-0.15, -0.1) is 0 Å². The predicted molar refractivity (Wildman–Crippen MR) is 83.5 cm³/mol. The highest BCUT2D eigenvalue weighted by Gasteiger charge is 2.14. The lowest BCUT2D eigenvalue weighted by atomic mass is 9.86. The number of ketones is 1. The van der Waals surface area contributed by atoms with Gasteiger partial charge in [-0.2, -0.15) is 0 Å². The highest BCUT2D eigenvalue weighted by Crippen LogP contribution is 2.25. The Kier molecular flexibility index (Phi) is 6.74. The van der Waals surface area contributed by atoms with Crippen LogP contribution in [0.15, 0.2) is 24.3 Å². The second kappa shape index (κ2) is 8.83. The van der Waals surface area contributed by atoms with Crippen molar-refractivity contribution in [3.05, 3.63) is 29.8 Å². The van der Waals surface area contributed by atoms with E-state index in [9.17, 15) is 4.79 Å². The smallest absolute Gasteiger partial charge is 0.188 e. The van der Waals surface area contributed by atoms with Gasteiger partial charge in [0.15, 0.2) is 6.79 Å². The van der Waals surface area contributed by atoms with Gasteiger partial charge in [-0.1, -0.05) is 25.0 Å². The second-order valence-corrected chi connectivity index (χ2v) is 5.93. The second-order valence-electron chi connectivity index (χ2n) is 5.93. The molecule has 0 N–H and O–H groups in total. The number of carbonyl (C=O) groups is 1. The molecule has 0 heterocycles. The predicted octanol–water partition coefficient (Wildman–Crippen LogP) is 4.14. The molecule has 0 unspecified atom stereocenters. The van der Waals surface area contributed by atoms with Crippen molar-refractivity contribution in [2.45, 2.75) is 51.4 Å². The quantitative estimate of drug-likeness (QED) is 0.739. The van der Waals surface area contributed by atoms with Crippen LogP contribution < -0.4 is 4.74 Å². The van der Waals surface area contributed by atoms with Gasteiger partial charge in [-0.25, -0.2) is 0 Å². The molecular formula is C18H26O3. The van der Waals surface area contributed by atoms with Crippen LogP contribution in [-0.4, -0.2) is 19.7 Å². The monoisotopic (exact) mass is 290 g/mol. The molecule has 0 atom stereocenters. The van der Waals surface area contributed by atoms with Crippen LogP contribution in [-0.2, 0) is 16.0 Å². The fourth-order valence-electron chi connectivity index (χ4n) is 3.02. The van der Waals surface area contributed by atoms with E-state index in [0.29, 0.717) is 12.6 Å². The summed E-state index contributed by atoms with van der Waals surface area (Å²) in [7, 11) is 1.63. The third-order valence-electron chi connectivity index (χ3n) is 4.22. The molecule has 0 radical (unpaired) electrons. The number of hydrogen-bond donors (Lipinski definition) is 0. The summed E-state index contributed by atoms with van der Waals surface area (Å²) in [5.74, 6) is 2.09. The van der Waals surface area contributed by atoms with E-state index in [-0.39, 0.29) is 0 Å². The molecule has 0 bridgehead atoms. The maximum absolute atomic E-state index is 11.4. The largest absolute Gasteiger partial charge is 0.468 e. The maximum Gasteiger partial charge on any atom is 0.188 e. The van der Waals surface area contributed by atoms with Crippen molar-refractivity contribution in [3.8, 4) is 5.75 Å². The number of methoxy groups -OCH3 is 1. The molecule has 21 heavy (non-hydrogen) atoms. The SMILES string of the molecule is COCOc1cccc(CCC2CCCC(=O)CCC2)c1. The lowest BCUT2D eigenvalue weighted by molar-refractivity contribution is -0.119. The summed E-state index contributed by atoms with van der Waals surface area (Å²) in [4.78, 5) is 11.4. The van der Waals surface area contributed by atoms with Crippen LogP contribution in [0, 0.1) is 5.92 Å². The van der Waals surface area contributed by atoms with Crippen molar-refractivity contribution in [2.24, 2.45) is 5.92 Å². The number of carbonyl (C=O) groups excluding carboxylic acids is 1. The lowest BCUT2D eigenvalue weighted by Gasteiger charge is -2.19. The first-order valence-electron chi connectivity index (χ1n) is 8.00. The van der Waals surface area contributed by atoms with Crippen LogP contribution in [0.4, 0.5) is 0 Å². The van der Waals surface area contributed by atoms with Crippen molar-refractivity contribution in [1.82, 2.24) is 0 Å². The molecule has 0 saturated heterocycles. The summed E-state index contributed by atoms with van der Waals surface area (Å²) in [6.07, 6.45) is 8.41. The van der Waals surface area contributed by atoms with Crippen molar-refractivity contribution in [3.63, 3.8) is 0 Å². The molecule has 3 nitrogen and oxygen atoms in total. The first-order valence-corrected chi connectivity index (χ1v) is 8.00. The zero-order valence-electron chi connectivity index (χ0n) is 13.0. The highest BCUT2D eigenvalue weighted by molar-refractivity contribution is 5.78. The minimum absolute atomic E-state index is 0.292. The average molecular weight is 290 g/mol. The number of ether oxygens (including phenoxy) is 2. The van der Waals surface area contributed by atoms with Gasteiger partial charge < -0.3 is 9.47 Å². The molecule has 3 heteroatoms. The number of rotatable bonds is 6. The summed E-state index contributed by atoms with van der Waals surface area (Å²) in [5.41, 5.74) is 1.32. The fourth-order valence-corrected chi connectivity index (χ4v) is 3.02. The van der Waals surface area contributed by atoms with Crippen LogP contribution in [0.3, 0.4) is 0 Å². The molecule has 1 aliphatic rings. The van der Waals surface area contributed by atoms with Crippen molar-refractivity contribution in [1.29, 1.82) is 0 Å². The first-order chi connectivity index (χ1) is 10.3. The third-order valence-corrected chi connectivity index (χ3v) is 4.22. The van der Waals surface area contributed by atoms with E-state index in [2.05, 4.69) is 12.1 Å². The summed E-state index contributed by atoms with van der Waals surface area (Å²) in [5, 5.41) is 0. The van der Waals surface area contributed by atoms with Gasteiger partial charge in [0.25, 0.3) is 0 Å². The normalized spacial score (nSPS) is 17.3. The van der Waals surface area contributed by atoms with Crippen LogP contribution >= 0.6 is 0 Å². The zero-order valence-corrected chi connectivity index (χ0v) is 13.0. The van der Waals surface area contributed by atoms with Gasteiger partial charge in [0.05, 0.1) is 0 Å². The topological polar surface area (TPSA) is 35.5 Å². The van der Waals surface area contributed by atoms with E-state index >= 15 is 0 Å². The van der Waals surface area contributed by atoms with Gasteiger partial charge in [0.2, 0.25) is 0 Å². The molecule has 0 aromatic heterocycles. The Hall–Kier alpha value is -1.35. The minimum atomic E-state index is 0.292. The molecule has 0 aliphatic heterocycles. The molecule has 0 amide bonds. The summed E-state index contributed by atoms with van der Waals surface area (Å²) in [6, 6.07) is 8.26. The molecule has 1 aliphatic carbocycles. The van der Waals surface area contributed by atoms with Gasteiger partial charge in [-0.3, -0.25) is 4.79 Å². The standard InChI is InChI=1S/C18H26O3/c1-20-14-21-18-10-4-7-16(13-18)12-11-15-5-2-8-17(19)9-3-6-15/h4,7,10,13,15H,2-3,5-6,8-9,11-12,14H2,1H3. The van der Waals surface area contributed by atoms with Crippen LogP contribution in [0.5, 0.6) is 5.75 Å². The molecule has 116 valence electrons. The summed E-state index contributed by atoms with van der Waals surface area (Å²) < 4.78 is 10.4. The Morgan fingerprint density at radius 3 is 2.67 bits per heavy atom. The van der Waals surface area contributed by atoms with Crippen molar-refractivity contribution < 1.29 is 14.3 Å². The van der Waals surface area contributed by atoms with E-state index in [1.165, 1.54) is 24.8 Å². The molecule has 2 rings (SSSR count). The van der Waals surface area contributed by atoms with Gasteiger partial charge in [0.1, 0.15) is 11.5 Å². The number of benzene rings is 1. The Balaban J connectivity index is 1.80. The first kappa shape index (κ1) is 16.0. The van der Waals surface area contributed by atoms with E-state index in [0.717, 1.165) is 43.8 Å². The number of Topliss-reactive ketones (excluding diaryl/α,β-unsaturated/α-hetero) is 1. The summed E-state index contributed by atoms with van der Waals surface area (Å²) >= 11 is 0. The number of hydrogen-bond acceptors (Lipinski definition) is 3. The third kappa shape index (κ3) is 5.88. The zero-order chi connectivity index (χ0) is 14.9. The van der Waals surface area contributed by atoms with Gasteiger partial charge in [-0.05, 0) is 49.3 Å². The van der Waals surface area contributed by atoms with Crippen LogP contribution in [0.25, 0.3) is 0 Å².